The lowest BCUT2D eigenvalue weighted by Crippen LogP contribution is -2.36. The Labute approximate surface area is 153 Å². The van der Waals surface area contributed by atoms with E-state index in [0.29, 0.717) is 0 Å². The van der Waals surface area contributed by atoms with Gasteiger partial charge >= 0.3 is 0 Å². The number of nitrogens with one attached hydrogen (secondary N) is 1. The molecule has 0 unspecified atom stereocenters. The van der Waals surface area contributed by atoms with E-state index in [1.54, 1.807) is 18.2 Å². The third kappa shape index (κ3) is 5.18. The van der Waals surface area contributed by atoms with E-state index in [0.717, 1.165) is 15.0 Å². The van der Waals surface area contributed by atoms with Crippen LogP contribution >= 0.6 is 15.9 Å². The predicted molar refractivity (Wildman–Crippen MR) is 96.1 cm³/mol. The van der Waals surface area contributed by atoms with Gasteiger partial charge in [0.15, 0.2) is 0 Å². The SMILES string of the molecule is CN(CC(=O)N/N=C\c1ccccc1F)S(=O)(=O)c1ccc(Br)cc1. The van der Waals surface area contributed by atoms with Gasteiger partial charge in [-0.05, 0) is 30.3 Å². The summed E-state index contributed by atoms with van der Waals surface area (Å²) >= 11 is 3.23. The van der Waals surface area contributed by atoms with Gasteiger partial charge in [0.1, 0.15) is 5.82 Å². The number of hydrazone groups is 1. The van der Waals surface area contributed by atoms with Crippen molar-refractivity contribution in [2.75, 3.05) is 13.6 Å². The molecule has 0 aliphatic rings. The third-order valence-corrected chi connectivity index (χ3v) is 5.53. The maximum absolute atomic E-state index is 13.4. The van der Waals surface area contributed by atoms with Crippen molar-refractivity contribution < 1.29 is 17.6 Å². The lowest BCUT2D eigenvalue weighted by atomic mass is 10.2. The molecule has 6 nitrogen and oxygen atoms in total. The first-order valence-electron chi connectivity index (χ1n) is 7.09. The Kier molecular flexibility index (Phi) is 6.40. The van der Waals surface area contributed by atoms with Crippen LogP contribution in [0.4, 0.5) is 4.39 Å². The van der Waals surface area contributed by atoms with Gasteiger partial charge in [-0.25, -0.2) is 18.2 Å². The van der Waals surface area contributed by atoms with Gasteiger partial charge in [0.05, 0.1) is 17.7 Å². The zero-order valence-electron chi connectivity index (χ0n) is 13.2. The second-order valence-corrected chi connectivity index (χ2v) is 7.99. The van der Waals surface area contributed by atoms with E-state index in [-0.39, 0.29) is 10.5 Å². The van der Waals surface area contributed by atoms with Crippen molar-refractivity contribution in [2.45, 2.75) is 4.90 Å². The summed E-state index contributed by atoms with van der Waals surface area (Å²) in [6.07, 6.45) is 1.15. The van der Waals surface area contributed by atoms with Crippen LogP contribution in [0.15, 0.2) is 63.0 Å². The van der Waals surface area contributed by atoms with Crippen molar-refractivity contribution >= 4 is 38.1 Å². The minimum atomic E-state index is -3.79. The second kappa shape index (κ2) is 8.32. The molecule has 132 valence electrons. The van der Waals surface area contributed by atoms with Crippen molar-refractivity contribution in [1.29, 1.82) is 0 Å². The van der Waals surface area contributed by atoms with E-state index in [1.807, 2.05) is 0 Å². The number of rotatable bonds is 6. The summed E-state index contributed by atoms with van der Waals surface area (Å²) < 4.78 is 39.8. The summed E-state index contributed by atoms with van der Waals surface area (Å²) in [5.74, 6) is -1.12. The van der Waals surface area contributed by atoms with Gasteiger partial charge in [0.2, 0.25) is 10.0 Å². The molecule has 0 saturated carbocycles. The lowest BCUT2D eigenvalue weighted by Gasteiger charge is -2.16. The van der Waals surface area contributed by atoms with Crippen molar-refractivity contribution in [3.63, 3.8) is 0 Å². The van der Waals surface area contributed by atoms with Crippen molar-refractivity contribution in [1.82, 2.24) is 9.73 Å². The fourth-order valence-electron chi connectivity index (χ4n) is 1.86. The van der Waals surface area contributed by atoms with E-state index in [9.17, 15) is 17.6 Å². The normalized spacial score (nSPS) is 11.8. The summed E-state index contributed by atoms with van der Waals surface area (Å²) in [6, 6.07) is 12.0. The lowest BCUT2D eigenvalue weighted by molar-refractivity contribution is -0.121. The van der Waals surface area contributed by atoms with Crippen LogP contribution in [0.2, 0.25) is 0 Å². The van der Waals surface area contributed by atoms with Gasteiger partial charge in [0, 0.05) is 17.1 Å². The molecule has 2 rings (SSSR count). The number of benzene rings is 2. The molecule has 2 aromatic carbocycles. The van der Waals surface area contributed by atoms with E-state index in [4.69, 9.17) is 0 Å². The number of nitrogens with zero attached hydrogens (tertiary/aromatic N) is 2. The summed E-state index contributed by atoms with van der Waals surface area (Å²) in [5.41, 5.74) is 2.38. The number of amides is 1. The number of carbonyl (C=O) groups is 1. The smallest absolute Gasteiger partial charge is 0.255 e. The Hall–Kier alpha value is -2.10. The Bertz CT molecular complexity index is 886. The molecule has 0 fully saturated rings. The minimum Gasteiger partial charge on any atom is -0.272 e. The highest BCUT2D eigenvalue weighted by molar-refractivity contribution is 9.10. The van der Waals surface area contributed by atoms with Crippen LogP contribution in [0, 0.1) is 5.82 Å². The van der Waals surface area contributed by atoms with Gasteiger partial charge in [-0.3, -0.25) is 4.79 Å². The Morgan fingerprint density at radius 2 is 1.88 bits per heavy atom. The first kappa shape index (κ1) is 19.2. The summed E-state index contributed by atoms with van der Waals surface area (Å²) in [5, 5.41) is 3.63. The molecule has 25 heavy (non-hydrogen) atoms. The topological polar surface area (TPSA) is 78.8 Å². The number of sulfonamides is 1. The van der Waals surface area contributed by atoms with Gasteiger partial charge in [-0.2, -0.15) is 9.41 Å². The van der Waals surface area contributed by atoms with Crippen LogP contribution in [0.1, 0.15) is 5.56 Å². The van der Waals surface area contributed by atoms with Gasteiger partial charge in [-0.1, -0.05) is 34.1 Å². The average molecular weight is 428 g/mol. The maximum Gasteiger partial charge on any atom is 0.255 e. The Morgan fingerprint density at radius 3 is 2.52 bits per heavy atom. The molecule has 0 saturated heterocycles. The van der Waals surface area contributed by atoms with Crippen LogP contribution in [0.25, 0.3) is 0 Å². The molecule has 0 aliphatic heterocycles. The molecular formula is C16H15BrFN3O3S. The number of hydrogen-bond acceptors (Lipinski definition) is 4. The van der Waals surface area contributed by atoms with E-state index in [2.05, 4.69) is 26.5 Å². The van der Waals surface area contributed by atoms with Gasteiger partial charge in [-0.15, -0.1) is 0 Å². The number of likely N-dealkylation sites (N-methyl/N-ethyl adjacent to an activating group) is 1. The van der Waals surface area contributed by atoms with Crippen LogP contribution in [-0.2, 0) is 14.8 Å². The standard InChI is InChI=1S/C16H15BrFN3O3S/c1-21(25(23,24)14-8-6-13(17)7-9-14)11-16(22)20-19-10-12-4-2-3-5-15(12)18/h2-10H,11H2,1H3,(H,20,22)/b19-10-. The fourth-order valence-corrected chi connectivity index (χ4v) is 3.25. The minimum absolute atomic E-state index is 0.0702. The second-order valence-electron chi connectivity index (χ2n) is 5.03. The summed E-state index contributed by atoms with van der Waals surface area (Å²) in [6.45, 7) is -0.424. The predicted octanol–water partition coefficient (Wildman–Crippen LogP) is 2.36. The first-order chi connectivity index (χ1) is 11.8. The molecule has 0 bridgehead atoms. The van der Waals surface area contributed by atoms with Crippen LogP contribution < -0.4 is 5.43 Å². The zero-order valence-corrected chi connectivity index (χ0v) is 15.6. The molecule has 0 heterocycles. The molecule has 0 aromatic heterocycles. The van der Waals surface area contributed by atoms with Crippen molar-refractivity contribution in [3.05, 3.63) is 64.4 Å². The van der Waals surface area contributed by atoms with Crippen LogP contribution in [-0.4, -0.2) is 38.4 Å². The highest BCUT2D eigenvalue weighted by Crippen LogP contribution is 2.17. The molecule has 9 heteroatoms. The van der Waals surface area contributed by atoms with Crippen LogP contribution in [0.3, 0.4) is 0 Å². The van der Waals surface area contributed by atoms with Gasteiger partial charge < -0.3 is 0 Å². The van der Waals surface area contributed by atoms with Gasteiger partial charge in [0.25, 0.3) is 5.91 Å². The molecule has 0 aliphatic carbocycles. The largest absolute Gasteiger partial charge is 0.272 e. The van der Waals surface area contributed by atoms with Crippen molar-refractivity contribution in [2.24, 2.45) is 5.10 Å². The molecule has 1 amide bonds. The first-order valence-corrected chi connectivity index (χ1v) is 9.32. The quantitative estimate of drug-likeness (QED) is 0.567. The Morgan fingerprint density at radius 1 is 1.24 bits per heavy atom. The molecule has 0 atom stereocenters. The molecule has 0 spiro atoms. The highest BCUT2D eigenvalue weighted by Gasteiger charge is 2.22. The van der Waals surface area contributed by atoms with Crippen molar-refractivity contribution in [3.8, 4) is 0 Å². The number of carbonyl (C=O) groups excluding carboxylic acids is 1. The number of halogens is 2. The van der Waals surface area contributed by atoms with E-state index < -0.39 is 28.3 Å². The third-order valence-electron chi connectivity index (χ3n) is 3.19. The van der Waals surface area contributed by atoms with E-state index >= 15 is 0 Å². The maximum atomic E-state index is 13.4. The molecule has 0 radical (unpaired) electrons. The molecule has 1 N–H and O–H groups in total. The summed E-state index contributed by atoms with van der Waals surface area (Å²) in [4.78, 5) is 11.9. The number of hydrogen-bond donors (Lipinski definition) is 1. The fraction of sp³-hybridized carbons (Fsp3) is 0.125. The monoisotopic (exact) mass is 427 g/mol. The molecule has 2 aromatic rings. The van der Waals surface area contributed by atoms with E-state index in [1.165, 1.54) is 37.4 Å². The molecular weight excluding hydrogens is 413 g/mol. The summed E-state index contributed by atoms with van der Waals surface area (Å²) in [7, 11) is -2.51. The zero-order chi connectivity index (χ0) is 18.4. The highest BCUT2D eigenvalue weighted by atomic mass is 79.9. The Balaban J connectivity index is 1.97. The van der Waals surface area contributed by atoms with Crippen LogP contribution in [0.5, 0.6) is 0 Å². The average Bonchev–Trinajstić information content (AvgIpc) is 2.57.